The van der Waals surface area contributed by atoms with Crippen molar-refractivity contribution < 1.29 is 9.90 Å². The van der Waals surface area contributed by atoms with E-state index in [1.54, 1.807) is 6.08 Å². The minimum atomic E-state index is -0.793. The summed E-state index contributed by atoms with van der Waals surface area (Å²) in [6, 6.07) is 0. The summed E-state index contributed by atoms with van der Waals surface area (Å²) in [6.07, 6.45) is 23.4. The third kappa shape index (κ3) is 12.7. The zero-order valence-electron chi connectivity index (χ0n) is 15.4. The number of allylic oxidation sites excluding steroid dienone is 9. The van der Waals surface area contributed by atoms with E-state index in [-0.39, 0.29) is 5.91 Å². The van der Waals surface area contributed by atoms with Crippen LogP contribution in [0.5, 0.6) is 0 Å². The van der Waals surface area contributed by atoms with Gasteiger partial charge < -0.3 is 10.4 Å². The van der Waals surface area contributed by atoms with Crippen molar-refractivity contribution in [1.29, 1.82) is 0 Å². The van der Waals surface area contributed by atoms with Gasteiger partial charge >= 0.3 is 0 Å². The smallest absolute Gasteiger partial charge is 0.244 e. The van der Waals surface area contributed by atoms with Crippen LogP contribution in [0.4, 0.5) is 0 Å². The van der Waals surface area contributed by atoms with Gasteiger partial charge in [-0.05, 0) is 32.6 Å². The molecule has 0 spiro atoms. The average molecular weight is 332 g/mol. The lowest BCUT2D eigenvalue weighted by atomic mass is 9.95. The van der Waals surface area contributed by atoms with Gasteiger partial charge in [-0.25, -0.2) is 0 Å². The van der Waals surface area contributed by atoms with Gasteiger partial charge in [-0.15, -0.1) is 0 Å². The molecule has 1 unspecified atom stereocenters. The Hall–Kier alpha value is -1.87. The Morgan fingerprint density at radius 3 is 2.21 bits per heavy atom. The number of carbonyl (C=O) groups excluding carboxylic acids is 1. The second-order valence-electron chi connectivity index (χ2n) is 5.75. The molecule has 2 N–H and O–H groups in total. The van der Waals surface area contributed by atoms with Crippen LogP contribution in [0.15, 0.2) is 60.8 Å². The maximum Gasteiger partial charge on any atom is 0.244 e. The van der Waals surface area contributed by atoms with Crippen LogP contribution in [0, 0.1) is 0 Å². The second kappa shape index (κ2) is 14.7. The summed E-state index contributed by atoms with van der Waals surface area (Å²) in [7, 11) is 0. The number of nitrogens with one attached hydrogen (secondary N) is 1. The van der Waals surface area contributed by atoms with Crippen LogP contribution in [0.1, 0.15) is 52.9 Å². The number of amides is 1. The van der Waals surface area contributed by atoms with Gasteiger partial charge in [0.2, 0.25) is 5.91 Å². The largest absolute Gasteiger partial charge is 0.388 e. The Kier molecular flexibility index (Phi) is 13.6. The summed E-state index contributed by atoms with van der Waals surface area (Å²) in [5.41, 5.74) is -0.793. The summed E-state index contributed by atoms with van der Waals surface area (Å²) in [4.78, 5) is 11.7. The SMILES string of the molecule is CC=CC=CCCC=CC=CC=CC(=O)NCC(O)(CC)CCC. The molecule has 1 atom stereocenters. The van der Waals surface area contributed by atoms with Gasteiger partial charge in [0.15, 0.2) is 0 Å². The highest BCUT2D eigenvalue weighted by molar-refractivity contribution is 5.87. The van der Waals surface area contributed by atoms with Crippen molar-refractivity contribution in [2.24, 2.45) is 0 Å². The van der Waals surface area contributed by atoms with E-state index in [4.69, 9.17) is 0 Å². The molecule has 0 saturated carbocycles. The molecule has 24 heavy (non-hydrogen) atoms. The van der Waals surface area contributed by atoms with Crippen molar-refractivity contribution in [3.8, 4) is 0 Å². The van der Waals surface area contributed by atoms with E-state index in [9.17, 15) is 9.90 Å². The van der Waals surface area contributed by atoms with Crippen LogP contribution in [0.3, 0.4) is 0 Å². The molecular weight excluding hydrogens is 298 g/mol. The molecule has 0 saturated heterocycles. The van der Waals surface area contributed by atoms with E-state index in [0.29, 0.717) is 19.4 Å². The first-order chi connectivity index (χ1) is 11.6. The summed E-state index contributed by atoms with van der Waals surface area (Å²) >= 11 is 0. The van der Waals surface area contributed by atoms with E-state index in [1.165, 1.54) is 6.08 Å². The summed E-state index contributed by atoms with van der Waals surface area (Å²) in [5, 5.41) is 13.0. The van der Waals surface area contributed by atoms with Gasteiger partial charge in [0, 0.05) is 12.6 Å². The van der Waals surface area contributed by atoms with Crippen molar-refractivity contribution in [3.63, 3.8) is 0 Å². The number of hydrogen-bond acceptors (Lipinski definition) is 2. The molecule has 0 heterocycles. The van der Waals surface area contributed by atoms with Gasteiger partial charge in [-0.3, -0.25) is 4.79 Å². The van der Waals surface area contributed by atoms with E-state index in [0.717, 1.165) is 19.3 Å². The molecule has 0 bridgehead atoms. The van der Waals surface area contributed by atoms with Crippen LogP contribution in [0.25, 0.3) is 0 Å². The fourth-order valence-corrected chi connectivity index (χ4v) is 2.09. The highest BCUT2D eigenvalue weighted by atomic mass is 16.3. The normalized spacial score (nSPS) is 15.3. The first kappa shape index (κ1) is 22.1. The van der Waals surface area contributed by atoms with Crippen molar-refractivity contribution in [2.45, 2.75) is 58.5 Å². The van der Waals surface area contributed by atoms with Crippen LogP contribution >= 0.6 is 0 Å². The molecule has 1 amide bonds. The quantitative estimate of drug-likeness (QED) is 0.311. The monoisotopic (exact) mass is 331 g/mol. The number of carbonyl (C=O) groups is 1. The Bertz CT molecular complexity index is 472. The van der Waals surface area contributed by atoms with Crippen LogP contribution in [-0.4, -0.2) is 23.2 Å². The second-order valence-corrected chi connectivity index (χ2v) is 5.75. The number of aliphatic hydroxyl groups is 1. The number of hydrogen-bond donors (Lipinski definition) is 2. The van der Waals surface area contributed by atoms with E-state index in [1.807, 2.05) is 57.2 Å². The molecular formula is C21H33NO2. The molecule has 0 rings (SSSR count). The van der Waals surface area contributed by atoms with Crippen LogP contribution in [0.2, 0.25) is 0 Å². The first-order valence-electron chi connectivity index (χ1n) is 8.86. The maximum atomic E-state index is 11.7. The molecule has 0 fully saturated rings. The zero-order chi connectivity index (χ0) is 18.1. The highest BCUT2D eigenvalue weighted by Gasteiger charge is 2.23. The first-order valence-corrected chi connectivity index (χ1v) is 8.86. The van der Waals surface area contributed by atoms with Crippen molar-refractivity contribution >= 4 is 5.91 Å². The lowest BCUT2D eigenvalue weighted by Crippen LogP contribution is -2.41. The molecule has 0 aromatic rings. The Labute approximate surface area is 147 Å². The van der Waals surface area contributed by atoms with Gasteiger partial charge in [0.05, 0.1) is 5.60 Å². The Morgan fingerprint density at radius 1 is 1.00 bits per heavy atom. The highest BCUT2D eigenvalue weighted by Crippen LogP contribution is 2.15. The number of rotatable bonds is 12. The molecule has 3 heteroatoms. The minimum Gasteiger partial charge on any atom is -0.388 e. The van der Waals surface area contributed by atoms with Crippen molar-refractivity contribution in [2.75, 3.05) is 6.54 Å². The Balaban J connectivity index is 3.98. The molecule has 0 aliphatic carbocycles. The van der Waals surface area contributed by atoms with Crippen molar-refractivity contribution in [1.82, 2.24) is 5.32 Å². The lowest BCUT2D eigenvalue weighted by Gasteiger charge is -2.26. The van der Waals surface area contributed by atoms with Gasteiger partial charge in [-0.2, -0.15) is 0 Å². The molecule has 0 aromatic carbocycles. The maximum absolute atomic E-state index is 11.7. The molecule has 0 aliphatic rings. The summed E-state index contributed by atoms with van der Waals surface area (Å²) < 4.78 is 0. The summed E-state index contributed by atoms with van der Waals surface area (Å²) in [6.45, 7) is 6.26. The van der Waals surface area contributed by atoms with Crippen molar-refractivity contribution in [3.05, 3.63) is 60.8 Å². The average Bonchev–Trinajstić information content (AvgIpc) is 2.58. The Morgan fingerprint density at radius 2 is 1.62 bits per heavy atom. The molecule has 0 aliphatic heterocycles. The third-order valence-electron chi connectivity index (χ3n) is 3.62. The predicted octanol–water partition coefficient (Wildman–Crippen LogP) is 4.62. The van der Waals surface area contributed by atoms with Gasteiger partial charge in [0.1, 0.15) is 0 Å². The lowest BCUT2D eigenvalue weighted by molar-refractivity contribution is -0.117. The third-order valence-corrected chi connectivity index (χ3v) is 3.62. The molecule has 3 nitrogen and oxygen atoms in total. The molecule has 134 valence electrons. The van der Waals surface area contributed by atoms with E-state index < -0.39 is 5.60 Å². The van der Waals surface area contributed by atoms with E-state index in [2.05, 4.69) is 17.5 Å². The predicted molar refractivity (Wildman–Crippen MR) is 104 cm³/mol. The van der Waals surface area contributed by atoms with Gasteiger partial charge in [0.25, 0.3) is 0 Å². The minimum absolute atomic E-state index is 0.180. The standard InChI is InChI=1S/C21H33NO2/c1-4-7-8-9-10-11-12-13-14-15-16-17-20(23)22-19-21(24,6-3)18-5-2/h4,7-9,12-17,24H,5-6,10-11,18-19H2,1-3H3,(H,22,23). The fraction of sp³-hybridized carbons (Fsp3) is 0.476. The molecule has 0 radical (unpaired) electrons. The van der Waals surface area contributed by atoms with Crippen LogP contribution in [-0.2, 0) is 4.79 Å². The molecule has 0 aromatic heterocycles. The van der Waals surface area contributed by atoms with Gasteiger partial charge in [-0.1, -0.05) is 75.0 Å². The van der Waals surface area contributed by atoms with E-state index >= 15 is 0 Å². The number of unbranched alkanes of at least 4 members (excludes halogenated alkanes) is 1. The topological polar surface area (TPSA) is 49.3 Å². The zero-order valence-corrected chi connectivity index (χ0v) is 15.4. The van der Waals surface area contributed by atoms with Crippen LogP contribution < -0.4 is 5.32 Å². The fourth-order valence-electron chi connectivity index (χ4n) is 2.09. The summed E-state index contributed by atoms with van der Waals surface area (Å²) in [5.74, 6) is -0.180.